The molecule has 0 unspecified atom stereocenters. The van der Waals surface area contributed by atoms with Crippen molar-refractivity contribution in [3.8, 4) is 22.9 Å². The van der Waals surface area contributed by atoms with Gasteiger partial charge in [-0.05, 0) is 54.2 Å². The van der Waals surface area contributed by atoms with Crippen molar-refractivity contribution in [1.82, 2.24) is 0 Å². The average Bonchev–Trinajstić information content (AvgIpc) is 2.52. The molecule has 21 heavy (non-hydrogen) atoms. The molecule has 2 aromatic carbocycles. The van der Waals surface area contributed by atoms with E-state index in [0.29, 0.717) is 5.56 Å². The Balaban J connectivity index is 1.93. The van der Waals surface area contributed by atoms with E-state index < -0.39 is 0 Å². The van der Waals surface area contributed by atoms with Gasteiger partial charge in [-0.25, -0.2) is 0 Å². The van der Waals surface area contributed by atoms with Crippen LogP contribution in [0.1, 0.15) is 32.3 Å². The normalized spacial score (nSPS) is 10.4. The molecule has 0 aliphatic carbocycles. The number of ether oxygens (including phenoxy) is 1. The molecule has 0 spiro atoms. The Bertz CT molecular complexity index is 591. The van der Waals surface area contributed by atoms with Gasteiger partial charge in [0, 0.05) is 0 Å². The standard InChI is InChI=1S/C19H21NO/c1-15(2)4-3-13-21-19-11-9-18(10-12-19)17-7-5-16(14-20)6-8-17/h5-12,15H,3-4,13H2,1-2H3. The highest BCUT2D eigenvalue weighted by Gasteiger charge is 2.00. The first kappa shape index (κ1) is 15.1. The van der Waals surface area contributed by atoms with Crippen LogP contribution in [0.3, 0.4) is 0 Å². The summed E-state index contributed by atoms with van der Waals surface area (Å²) in [5.74, 6) is 1.64. The van der Waals surface area contributed by atoms with Crippen molar-refractivity contribution >= 4 is 0 Å². The summed E-state index contributed by atoms with van der Waals surface area (Å²) in [5.41, 5.74) is 2.93. The lowest BCUT2D eigenvalue weighted by atomic mass is 10.0. The molecule has 2 rings (SSSR count). The minimum atomic E-state index is 0.684. The molecule has 0 N–H and O–H groups in total. The zero-order valence-corrected chi connectivity index (χ0v) is 12.7. The molecule has 0 atom stereocenters. The summed E-state index contributed by atoms with van der Waals surface area (Å²) in [5, 5.41) is 8.81. The van der Waals surface area contributed by atoms with Gasteiger partial charge in [-0.3, -0.25) is 0 Å². The SMILES string of the molecule is CC(C)CCCOc1ccc(-c2ccc(C#N)cc2)cc1. The van der Waals surface area contributed by atoms with Gasteiger partial charge in [0.25, 0.3) is 0 Å². The van der Waals surface area contributed by atoms with Crippen LogP contribution in [0.15, 0.2) is 48.5 Å². The van der Waals surface area contributed by atoms with Crippen LogP contribution in [0.5, 0.6) is 5.75 Å². The summed E-state index contributed by atoms with van der Waals surface area (Å²) in [4.78, 5) is 0. The van der Waals surface area contributed by atoms with E-state index in [2.05, 4.69) is 32.0 Å². The van der Waals surface area contributed by atoms with E-state index in [1.165, 1.54) is 6.42 Å². The predicted octanol–water partition coefficient (Wildman–Crippen LogP) is 5.04. The van der Waals surface area contributed by atoms with Crippen molar-refractivity contribution in [3.63, 3.8) is 0 Å². The van der Waals surface area contributed by atoms with Gasteiger partial charge in [0.2, 0.25) is 0 Å². The number of hydrogen-bond donors (Lipinski definition) is 0. The second kappa shape index (κ2) is 7.50. The van der Waals surface area contributed by atoms with Crippen LogP contribution in [0, 0.1) is 17.2 Å². The topological polar surface area (TPSA) is 33.0 Å². The van der Waals surface area contributed by atoms with E-state index in [-0.39, 0.29) is 0 Å². The molecule has 2 nitrogen and oxygen atoms in total. The molecule has 2 aromatic rings. The zero-order valence-electron chi connectivity index (χ0n) is 12.7. The Labute approximate surface area is 127 Å². The molecule has 0 saturated heterocycles. The van der Waals surface area contributed by atoms with Gasteiger partial charge in [0.15, 0.2) is 0 Å². The highest BCUT2D eigenvalue weighted by molar-refractivity contribution is 5.64. The second-order valence-electron chi connectivity index (χ2n) is 5.60. The Morgan fingerprint density at radius 3 is 2.05 bits per heavy atom. The third-order valence-corrected chi connectivity index (χ3v) is 3.40. The van der Waals surface area contributed by atoms with E-state index in [4.69, 9.17) is 10.00 Å². The summed E-state index contributed by atoms with van der Waals surface area (Å²) >= 11 is 0. The minimum absolute atomic E-state index is 0.684. The van der Waals surface area contributed by atoms with Crippen LogP contribution < -0.4 is 4.74 Å². The monoisotopic (exact) mass is 279 g/mol. The van der Waals surface area contributed by atoms with Crippen molar-refractivity contribution in [1.29, 1.82) is 5.26 Å². The molecule has 0 amide bonds. The van der Waals surface area contributed by atoms with Crippen molar-refractivity contribution in [3.05, 3.63) is 54.1 Å². The molecule has 0 fully saturated rings. The third kappa shape index (κ3) is 4.65. The quantitative estimate of drug-likeness (QED) is 0.694. The summed E-state index contributed by atoms with van der Waals surface area (Å²) in [6, 6.07) is 17.9. The molecule has 2 heteroatoms. The summed E-state index contributed by atoms with van der Waals surface area (Å²) in [6.45, 7) is 5.23. The zero-order chi connectivity index (χ0) is 15.1. The fourth-order valence-electron chi connectivity index (χ4n) is 2.16. The first-order valence-corrected chi connectivity index (χ1v) is 7.42. The summed E-state index contributed by atoms with van der Waals surface area (Å²) in [6.07, 6.45) is 2.29. The van der Waals surface area contributed by atoms with E-state index in [0.717, 1.165) is 35.8 Å². The molecular formula is C19H21NO. The Hall–Kier alpha value is -2.27. The second-order valence-corrected chi connectivity index (χ2v) is 5.60. The highest BCUT2D eigenvalue weighted by Crippen LogP contribution is 2.23. The Morgan fingerprint density at radius 2 is 1.52 bits per heavy atom. The maximum Gasteiger partial charge on any atom is 0.119 e. The van der Waals surface area contributed by atoms with Crippen LogP contribution in [0.2, 0.25) is 0 Å². The molecular weight excluding hydrogens is 258 g/mol. The molecule has 0 radical (unpaired) electrons. The fourth-order valence-corrected chi connectivity index (χ4v) is 2.16. The van der Waals surface area contributed by atoms with Gasteiger partial charge >= 0.3 is 0 Å². The van der Waals surface area contributed by atoms with Gasteiger partial charge in [-0.1, -0.05) is 38.1 Å². The maximum absolute atomic E-state index is 8.81. The van der Waals surface area contributed by atoms with Gasteiger partial charge in [-0.2, -0.15) is 5.26 Å². The Morgan fingerprint density at radius 1 is 0.952 bits per heavy atom. The lowest BCUT2D eigenvalue weighted by Gasteiger charge is -2.08. The number of benzene rings is 2. The van der Waals surface area contributed by atoms with Crippen LogP contribution in [-0.2, 0) is 0 Å². The van der Waals surface area contributed by atoms with E-state index >= 15 is 0 Å². The van der Waals surface area contributed by atoms with E-state index in [1.54, 1.807) is 0 Å². The van der Waals surface area contributed by atoms with Crippen LogP contribution >= 0.6 is 0 Å². The van der Waals surface area contributed by atoms with Crippen molar-refractivity contribution < 1.29 is 4.74 Å². The van der Waals surface area contributed by atoms with Gasteiger partial charge < -0.3 is 4.74 Å². The molecule has 108 valence electrons. The van der Waals surface area contributed by atoms with Crippen molar-refractivity contribution in [2.24, 2.45) is 5.92 Å². The molecule has 0 saturated carbocycles. The average molecular weight is 279 g/mol. The van der Waals surface area contributed by atoms with Crippen LogP contribution in [0.25, 0.3) is 11.1 Å². The first-order valence-electron chi connectivity index (χ1n) is 7.42. The molecule has 0 aliphatic heterocycles. The number of hydrogen-bond acceptors (Lipinski definition) is 2. The smallest absolute Gasteiger partial charge is 0.119 e. The fraction of sp³-hybridized carbons (Fsp3) is 0.316. The largest absolute Gasteiger partial charge is 0.494 e. The Kier molecular flexibility index (Phi) is 5.40. The number of rotatable bonds is 6. The van der Waals surface area contributed by atoms with Crippen molar-refractivity contribution in [2.75, 3.05) is 6.61 Å². The molecule has 0 heterocycles. The predicted molar refractivity (Wildman–Crippen MR) is 86.2 cm³/mol. The highest BCUT2D eigenvalue weighted by atomic mass is 16.5. The molecule has 0 aromatic heterocycles. The number of nitrogens with zero attached hydrogens (tertiary/aromatic N) is 1. The summed E-state index contributed by atoms with van der Waals surface area (Å²) < 4.78 is 5.74. The lowest BCUT2D eigenvalue weighted by Crippen LogP contribution is -1.99. The number of nitriles is 1. The molecule has 0 aliphatic rings. The first-order chi connectivity index (χ1) is 10.2. The summed E-state index contributed by atoms with van der Waals surface area (Å²) in [7, 11) is 0. The van der Waals surface area contributed by atoms with Crippen molar-refractivity contribution in [2.45, 2.75) is 26.7 Å². The third-order valence-electron chi connectivity index (χ3n) is 3.40. The van der Waals surface area contributed by atoms with Gasteiger partial charge in [0.05, 0.1) is 18.2 Å². The minimum Gasteiger partial charge on any atom is -0.494 e. The lowest BCUT2D eigenvalue weighted by molar-refractivity contribution is 0.298. The van der Waals surface area contributed by atoms with Crippen LogP contribution in [0.4, 0.5) is 0 Å². The van der Waals surface area contributed by atoms with Gasteiger partial charge in [-0.15, -0.1) is 0 Å². The maximum atomic E-state index is 8.81. The van der Waals surface area contributed by atoms with E-state index in [1.807, 2.05) is 36.4 Å². The molecule has 0 bridgehead atoms. The van der Waals surface area contributed by atoms with Gasteiger partial charge in [0.1, 0.15) is 5.75 Å². The van der Waals surface area contributed by atoms with Crippen LogP contribution in [-0.4, -0.2) is 6.61 Å². The van der Waals surface area contributed by atoms with E-state index in [9.17, 15) is 0 Å².